The molecule has 1 aromatic heterocycles. The Hall–Kier alpha value is -2.75. The van der Waals surface area contributed by atoms with E-state index in [1.807, 2.05) is 0 Å². The van der Waals surface area contributed by atoms with Gasteiger partial charge in [0.1, 0.15) is 17.3 Å². The first-order chi connectivity index (χ1) is 9.41. The molecule has 0 fully saturated rings. The van der Waals surface area contributed by atoms with E-state index in [1.54, 1.807) is 18.2 Å². The number of hydrogen-bond donors (Lipinski definition) is 1. The fourth-order valence-corrected chi connectivity index (χ4v) is 1.44. The molecule has 102 valence electrons. The van der Waals surface area contributed by atoms with Gasteiger partial charge < -0.3 is 10.5 Å². The lowest BCUT2D eigenvalue weighted by atomic mass is 10.2. The SMILES string of the molecule is N#Cc1ccc(C(F)(F)F)nc1Oc1ccccc1N. The average Bonchev–Trinajstić information content (AvgIpc) is 2.40. The molecule has 0 amide bonds. The fourth-order valence-electron chi connectivity index (χ4n) is 1.44. The molecule has 0 aliphatic heterocycles. The van der Waals surface area contributed by atoms with Crippen molar-refractivity contribution >= 4 is 5.69 Å². The lowest BCUT2D eigenvalue weighted by molar-refractivity contribution is -0.141. The third-order valence-corrected chi connectivity index (χ3v) is 2.40. The zero-order valence-corrected chi connectivity index (χ0v) is 9.98. The maximum atomic E-state index is 12.6. The van der Waals surface area contributed by atoms with Crippen molar-refractivity contribution in [2.75, 3.05) is 5.73 Å². The van der Waals surface area contributed by atoms with E-state index in [0.29, 0.717) is 0 Å². The number of halogens is 3. The number of para-hydroxylation sites is 2. The zero-order chi connectivity index (χ0) is 14.8. The number of alkyl halides is 3. The van der Waals surface area contributed by atoms with Crippen molar-refractivity contribution in [1.82, 2.24) is 4.98 Å². The van der Waals surface area contributed by atoms with E-state index in [9.17, 15) is 13.2 Å². The number of anilines is 1. The van der Waals surface area contributed by atoms with Crippen molar-refractivity contribution in [3.8, 4) is 17.7 Å². The number of pyridine rings is 1. The first-order valence-electron chi connectivity index (χ1n) is 5.42. The molecular weight excluding hydrogens is 271 g/mol. The number of aromatic nitrogens is 1. The lowest BCUT2D eigenvalue weighted by Crippen LogP contribution is -2.09. The fraction of sp³-hybridized carbons (Fsp3) is 0.0769. The summed E-state index contributed by atoms with van der Waals surface area (Å²) in [5, 5.41) is 8.88. The monoisotopic (exact) mass is 279 g/mol. The van der Waals surface area contributed by atoms with Gasteiger partial charge in [-0.1, -0.05) is 12.1 Å². The van der Waals surface area contributed by atoms with E-state index in [4.69, 9.17) is 15.7 Å². The van der Waals surface area contributed by atoms with Gasteiger partial charge in [0.2, 0.25) is 5.88 Å². The van der Waals surface area contributed by atoms with Crippen LogP contribution >= 0.6 is 0 Å². The molecule has 0 bridgehead atoms. The first-order valence-corrected chi connectivity index (χ1v) is 5.42. The Labute approximate surface area is 112 Å². The second-order valence-electron chi connectivity index (χ2n) is 3.80. The van der Waals surface area contributed by atoms with Crippen LogP contribution in [0, 0.1) is 11.3 Å². The molecule has 0 spiro atoms. The Morgan fingerprint density at radius 2 is 1.85 bits per heavy atom. The van der Waals surface area contributed by atoms with Crippen LogP contribution in [-0.4, -0.2) is 4.98 Å². The van der Waals surface area contributed by atoms with Crippen molar-refractivity contribution in [3.63, 3.8) is 0 Å². The minimum Gasteiger partial charge on any atom is -0.436 e. The number of hydrogen-bond acceptors (Lipinski definition) is 4. The molecule has 0 aliphatic rings. The lowest BCUT2D eigenvalue weighted by Gasteiger charge is -2.11. The van der Waals surface area contributed by atoms with Crippen LogP contribution in [-0.2, 0) is 6.18 Å². The Kier molecular flexibility index (Phi) is 3.48. The van der Waals surface area contributed by atoms with Gasteiger partial charge in [0.25, 0.3) is 0 Å². The largest absolute Gasteiger partial charge is 0.436 e. The predicted molar refractivity (Wildman–Crippen MR) is 64.9 cm³/mol. The Balaban J connectivity index is 2.45. The summed E-state index contributed by atoms with van der Waals surface area (Å²) in [6.45, 7) is 0. The van der Waals surface area contributed by atoms with E-state index in [0.717, 1.165) is 12.1 Å². The summed E-state index contributed by atoms with van der Waals surface area (Å²) in [7, 11) is 0. The van der Waals surface area contributed by atoms with Gasteiger partial charge in [-0.2, -0.15) is 18.4 Å². The molecule has 0 saturated carbocycles. The smallest absolute Gasteiger partial charge is 0.433 e. The van der Waals surface area contributed by atoms with Gasteiger partial charge in [-0.05, 0) is 24.3 Å². The summed E-state index contributed by atoms with van der Waals surface area (Å²) >= 11 is 0. The van der Waals surface area contributed by atoms with Crippen LogP contribution in [0.4, 0.5) is 18.9 Å². The summed E-state index contributed by atoms with van der Waals surface area (Å²) in [5.74, 6) is -0.295. The van der Waals surface area contributed by atoms with Crippen LogP contribution in [0.2, 0.25) is 0 Å². The van der Waals surface area contributed by atoms with Crippen LogP contribution in [0.25, 0.3) is 0 Å². The highest BCUT2D eigenvalue weighted by molar-refractivity contribution is 5.54. The summed E-state index contributed by atoms with van der Waals surface area (Å²) in [4.78, 5) is 3.33. The van der Waals surface area contributed by atoms with Crippen LogP contribution in [0.1, 0.15) is 11.3 Å². The van der Waals surface area contributed by atoms with Gasteiger partial charge in [-0.15, -0.1) is 0 Å². The predicted octanol–water partition coefficient (Wildman–Crippen LogP) is 3.35. The van der Waals surface area contributed by atoms with Gasteiger partial charge >= 0.3 is 6.18 Å². The van der Waals surface area contributed by atoms with E-state index in [1.165, 1.54) is 12.1 Å². The van der Waals surface area contributed by atoms with Crippen LogP contribution in [0.3, 0.4) is 0 Å². The standard InChI is InChI=1S/C13H8F3N3O/c14-13(15,16)11-6-5-8(7-17)12(19-11)20-10-4-2-1-3-9(10)18/h1-6H,18H2. The number of nitrogens with two attached hydrogens (primary N) is 1. The maximum Gasteiger partial charge on any atom is 0.433 e. The van der Waals surface area contributed by atoms with Crippen LogP contribution in [0.15, 0.2) is 36.4 Å². The number of nitriles is 1. The number of ether oxygens (including phenoxy) is 1. The highest BCUT2D eigenvalue weighted by Crippen LogP contribution is 2.32. The van der Waals surface area contributed by atoms with Crippen LogP contribution < -0.4 is 10.5 Å². The van der Waals surface area contributed by atoms with Gasteiger partial charge in [0, 0.05) is 0 Å². The van der Waals surface area contributed by atoms with Gasteiger partial charge in [0.15, 0.2) is 5.75 Å². The Bertz CT molecular complexity index is 677. The van der Waals surface area contributed by atoms with Crippen molar-refractivity contribution in [1.29, 1.82) is 5.26 Å². The molecular formula is C13H8F3N3O. The highest BCUT2D eigenvalue weighted by atomic mass is 19.4. The molecule has 0 radical (unpaired) electrons. The molecule has 0 atom stereocenters. The molecule has 20 heavy (non-hydrogen) atoms. The number of nitrogen functional groups attached to an aromatic ring is 1. The number of rotatable bonds is 2. The van der Waals surface area contributed by atoms with Crippen molar-refractivity contribution in [2.24, 2.45) is 0 Å². The third kappa shape index (κ3) is 2.80. The molecule has 0 saturated heterocycles. The molecule has 0 unspecified atom stereocenters. The number of benzene rings is 1. The molecule has 0 aliphatic carbocycles. The van der Waals surface area contributed by atoms with Crippen molar-refractivity contribution < 1.29 is 17.9 Å². The van der Waals surface area contributed by atoms with Crippen molar-refractivity contribution in [2.45, 2.75) is 6.18 Å². The summed E-state index contributed by atoms with van der Waals surface area (Å²) in [6, 6.07) is 9.69. The Morgan fingerprint density at radius 3 is 2.45 bits per heavy atom. The molecule has 2 aromatic rings. The second-order valence-corrected chi connectivity index (χ2v) is 3.80. The molecule has 1 heterocycles. The molecule has 2 N–H and O–H groups in total. The topological polar surface area (TPSA) is 71.9 Å². The van der Waals surface area contributed by atoms with Crippen LogP contribution in [0.5, 0.6) is 11.6 Å². The van der Waals surface area contributed by atoms with E-state index < -0.39 is 17.8 Å². The van der Waals surface area contributed by atoms with Gasteiger partial charge in [-0.25, -0.2) is 4.98 Å². The molecule has 2 rings (SSSR count). The zero-order valence-electron chi connectivity index (χ0n) is 9.98. The van der Waals surface area contributed by atoms with E-state index in [2.05, 4.69) is 4.98 Å². The first kappa shape index (κ1) is 13.7. The summed E-state index contributed by atoms with van der Waals surface area (Å²) < 4.78 is 43.0. The normalized spacial score (nSPS) is 10.9. The number of nitrogens with zero attached hydrogens (tertiary/aromatic N) is 2. The molecule has 4 nitrogen and oxygen atoms in total. The van der Waals surface area contributed by atoms with Gasteiger partial charge in [0.05, 0.1) is 5.69 Å². The molecule has 7 heteroatoms. The van der Waals surface area contributed by atoms with E-state index in [-0.39, 0.29) is 17.0 Å². The minimum atomic E-state index is -4.62. The third-order valence-electron chi connectivity index (χ3n) is 2.40. The average molecular weight is 279 g/mol. The van der Waals surface area contributed by atoms with Gasteiger partial charge in [-0.3, -0.25) is 0 Å². The van der Waals surface area contributed by atoms with Crippen molar-refractivity contribution in [3.05, 3.63) is 47.7 Å². The van der Waals surface area contributed by atoms with E-state index >= 15 is 0 Å². The second kappa shape index (κ2) is 5.09. The summed E-state index contributed by atoms with van der Waals surface area (Å²) in [6.07, 6.45) is -4.62. The maximum absolute atomic E-state index is 12.6. The Morgan fingerprint density at radius 1 is 1.15 bits per heavy atom. The highest BCUT2D eigenvalue weighted by Gasteiger charge is 2.33. The summed E-state index contributed by atoms with van der Waals surface area (Å²) in [5.41, 5.74) is 4.61. The molecule has 1 aromatic carbocycles. The minimum absolute atomic E-state index is 0.110. The quantitative estimate of drug-likeness (QED) is 0.856.